The Kier molecular flexibility index (Phi) is 6.63. The lowest BCUT2D eigenvalue weighted by Gasteiger charge is -2.36. The smallest absolute Gasteiger partial charge is 0.406 e. The van der Waals surface area contributed by atoms with Crippen molar-refractivity contribution in [1.29, 1.82) is 0 Å². The van der Waals surface area contributed by atoms with E-state index in [0.717, 1.165) is 18.2 Å². The van der Waals surface area contributed by atoms with E-state index < -0.39 is 35.4 Å². The Morgan fingerprint density at radius 2 is 1.54 bits per heavy atom. The number of nitrogens with one attached hydrogen (secondary N) is 1. The van der Waals surface area contributed by atoms with Crippen LogP contribution >= 0.6 is 0 Å². The third-order valence-corrected chi connectivity index (χ3v) is 5.70. The van der Waals surface area contributed by atoms with E-state index in [2.05, 4.69) is 20.1 Å². The largest absolute Gasteiger partial charge is 0.573 e. The number of hydrogen-bond acceptors (Lipinski definition) is 5. The average molecular weight is 530 g/mol. The van der Waals surface area contributed by atoms with Crippen molar-refractivity contribution >= 4 is 23.2 Å². The molecule has 200 valence electrons. The van der Waals surface area contributed by atoms with Gasteiger partial charge in [-0.3, -0.25) is 0 Å². The maximum atomic E-state index is 13.5. The second-order valence-corrected chi connectivity index (χ2v) is 9.52. The summed E-state index contributed by atoms with van der Waals surface area (Å²) in [5.74, 6) is -0.206. The van der Waals surface area contributed by atoms with Crippen LogP contribution in [0.4, 0.5) is 42.6 Å². The molecule has 0 unspecified atom stereocenters. The van der Waals surface area contributed by atoms with Gasteiger partial charge in [0.05, 0.1) is 5.69 Å². The molecule has 4 rings (SSSR count). The van der Waals surface area contributed by atoms with Gasteiger partial charge in [0.15, 0.2) is 11.3 Å². The molecule has 1 aliphatic heterocycles. The third-order valence-electron chi connectivity index (χ3n) is 5.70. The Balaban J connectivity index is 1.47. The standard InChI is InChI=1S/C23H24F6N6O2/c1-21(2,3)16-12-18-31-17(22(24,25)26)13-19(35(18)32-16)33-8-10-34(11-9-33)20(36)30-14-4-6-15(7-5-14)37-23(27,28)29/h4-7,12-13H,8-11H2,1-3H3,(H,30,36). The molecular weight excluding hydrogens is 506 g/mol. The molecule has 37 heavy (non-hydrogen) atoms. The van der Waals surface area contributed by atoms with Crippen LogP contribution in [0, 0.1) is 0 Å². The molecule has 8 nitrogen and oxygen atoms in total. The summed E-state index contributed by atoms with van der Waals surface area (Å²) in [4.78, 5) is 19.6. The van der Waals surface area contributed by atoms with Gasteiger partial charge in [0.2, 0.25) is 0 Å². The maximum Gasteiger partial charge on any atom is 0.573 e. The number of benzene rings is 1. The van der Waals surface area contributed by atoms with E-state index in [1.807, 2.05) is 20.8 Å². The summed E-state index contributed by atoms with van der Waals surface area (Å²) >= 11 is 0. The molecule has 1 fully saturated rings. The van der Waals surface area contributed by atoms with Gasteiger partial charge in [0, 0.05) is 49.4 Å². The lowest BCUT2D eigenvalue weighted by Crippen LogP contribution is -2.50. The van der Waals surface area contributed by atoms with Crippen molar-refractivity contribution in [3.8, 4) is 5.75 Å². The molecule has 1 aromatic carbocycles. The SMILES string of the molecule is CC(C)(C)c1cc2nc(C(F)(F)F)cc(N3CCN(C(=O)Nc4ccc(OC(F)(F)F)cc4)CC3)n2n1. The number of halogens is 6. The number of hydrogen-bond donors (Lipinski definition) is 1. The van der Waals surface area contributed by atoms with Crippen LogP contribution in [-0.4, -0.2) is 58.1 Å². The number of carbonyl (C=O) groups is 1. The van der Waals surface area contributed by atoms with E-state index in [1.54, 1.807) is 4.90 Å². The van der Waals surface area contributed by atoms with E-state index in [9.17, 15) is 31.1 Å². The molecule has 0 bridgehead atoms. The van der Waals surface area contributed by atoms with Crippen molar-refractivity contribution in [3.63, 3.8) is 0 Å². The quantitative estimate of drug-likeness (QED) is 0.466. The summed E-state index contributed by atoms with van der Waals surface area (Å²) in [5.41, 5.74) is -0.512. The molecule has 1 N–H and O–H groups in total. The van der Waals surface area contributed by atoms with Crippen molar-refractivity contribution in [2.24, 2.45) is 0 Å². The Morgan fingerprint density at radius 1 is 0.919 bits per heavy atom. The topological polar surface area (TPSA) is 75.0 Å². The lowest BCUT2D eigenvalue weighted by molar-refractivity contribution is -0.274. The molecule has 1 saturated heterocycles. The minimum absolute atomic E-state index is 0.0767. The van der Waals surface area contributed by atoms with Gasteiger partial charge >= 0.3 is 18.6 Å². The highest BCUT2D eigenvalue weighted by Gasteiger charge is 2.35. The predicted molar refractivity (Wildman–Crippen MR) is 123 cm³/mol. The number of amides is 2. The maximum absolute atomic E-state index is 13.5. The minimum atomic E-state index is -4.82. The molecule has 1 aliphatic rings. The number of urea groups is 1. The lowest BCUT2D eigenvalue weighted by atomic mass is 9.93. The fourth-order valence-corrected chi connectivity index (χ4v) is 3.78. The van der Waals surface area contributed by atoms with Gasteiger partial charge in [-0.25, -0.2) is 9.78 Å². The first-order chi connectivity index (χ1) is 17.1. The zero-order chi connectivity index (χ0) is 27.2. The number of piperazine rings is 1. The van der Waals surface area contributed by atoms with Crippen LogP contribution in [0.25, 0.3) is 5.65 Å². The number of nitrogens with zero attached hydrogens (tertiary/aromatic N) is 5. The highest BCUT2D eigenvalue weighted by atomic mass is 19.4. The zero-order valence-electron chi connectivity index (χ0n) is 20.1. The zero-order valence-corrected chi connectivity index (χ0v) is 20.1. The number of ether oxygens (including phenoxy) is 1. The fraction of sp³-hybridized carbons (Fsp3) is 0.435. The summed E-state index contributed by atoms with van der Waals surface area (Å²) < 4.78 is 82.7. The van der Waals surface area contributed by atoms with Gasteiger partial charge < -0.3 is 19.9 Å². The third kappa shape index (κ3) is 6.17. The van der Waals surface area contributed by atoms with E-state index in [-0.39, 0.29) is 43.3 Å². The monoisotopic (exact) mass is 530 g/mol. The van der Waals surface area contributed by atoms with Crippen LogP contribution in [0.3, 0.4) is 0 Å². The van der Waals surface area contributed by atoms with Gasteiger partial charge in [0.25, 0.3) is 0 Å². The Labute approximate surface area is 207 Å². The molecule has 0 saturated carbocycles. The van der Waals surface area contributed by atoms with Crippen molar-refractivity contribution in [2.45, 2.75) is 38.7 Å². The molecule has 0 atom stereocenters. The van der Waals surface area contributed by atoms with Gasteiger partial charge in [-0.05, 0) is 24.3 Å². The summed E-state index contributed by atoms with van der Waals surface area (Å²) in [6.45, 7) is 6.54. The van der Waals surface area contributed by atoms with Crippen LogP contribution in [0.5, 0.6) is 5.75 Å². The number of rotatable bonds is 3. The molecule has 2 aromatic heterocycles. The molecule has 2 amide bonds. The van der Waals surface area contributed by atoms with E-state index >= 15 is 0 Å². The fourth-order valence-electron chi connectivity index (χ4n) is 3.78. The minimum Gasteiger partial charge on any atom is -0.406 e. The van der Waals surface area contributed by atoms with Crippen LogP contribution in [0.15, 0.2) is 36.4 Å². The Morgan fingerprint density at radius 3 is 2.08 bits per heavy atom. The second kappa shape index (κ2) is 9.30. The number of anilines is 2. The van der Waals surface area contributed by atoms with Crippen LogP contribution in [0.1, 0.15) is 32.2 Å². The van der Waals surface area contributed by atoms with Gasteiger partial charge in [-0.1, -0.05) is 20.8 Å². The molecular formula is C23H24F6N6O2. The molecule has 0 radical (unpaired) electrons. The highest BCUT2D eigenvalue weighted by molar-refractivity contribution is 5.89. The first-order valence-electron chi connectivity index (χ1n) is 11.3. The van der Waals surface area contributed by atoms with Crippen molar-refractivity contribution in [2.75, 3.05) is 36.4 Å². The number of carbonyl (C=O) groups excluding carboxylic acids is 1. The molecule has 3 aromatic rings. The van der Waals surface area contributed by atoms with E-state index in [0.29, 0.717) is 5.69 Å². The van der Waals surface area contributed by atoms with Gasteiger partial charge in [-0.2, -0.15) is 22.8 Å². The van der Waals surface area contributed by atoms with Gasteiger partial charge in [0.1, 0.15) is 11.6 Å². The van der Waals surface area contributed by atoms with Crippen molar-refractivity contribution < 1.29 is 35.9 Å². The summed E-state index contributed by atoms with van der Waals surface area (Å²) in [5, 5.41) is 7.08. The summed E-state index contributed by atoms with van der Waals surface area (Å²) in [6.07, 6.45) is -9.47. The van der Waals surface area contributed by atoms with E-state index in [1.165, 1.54) is 27.6 Å². The normalized spacial score (nSPS) is 15.3. The first-order valence-corrected chi connectivity index (χ1v) is 11.3. The summed E-state index contributed by atoms with van der Waals surface area (Å²) in [7, 11) is 0. The molecule has 0 aliphatic carbocycles. The van der Waals surface area contributed by atoms with Crippen LogP contribution in [-0.2, 0) is 11.6 Å². The predicted octanol–water partition coefficient (Wildman–Crippen LogP) is 5.30. The number of alkyl halides is 6. The van der Waals surface area contributed by atoms with Crippen molar-refractivity contribution in [3.05, 3.63) is 47.8 Å². The molecule has 14 heteroatoms. The molecule has 0 spiro atoms. The average Bonchev–Trinajstić information content (AvgIpc) is 3.23. The van der Waals surface area contributed by atoms with Gasteiger partial charge in [-0.15, -0.1) is 13.2 Å². The first kappa shape index (κ1) is 26.4. The van der Waals surface area contributed by atoms with Crippen LogP contribution < -0.4 is 15.0 Å². The number of fused-ring (bicyclic) bond motifs is 1. The highest BCUT2D eigenvalue weighted by Crippen LogP contribution is 2.33. The number of aromatic nitrogens is 3. The second-order valence-electron chi connectivity index (χ2n) is 9.52. The summed E-state index contributed by atoms with van der Waals surface area (Å²) in [6, 6.07) is 6.68. The molecule has 3 heterocycles. The Bertz CT molecular complexity index is 1270. The Hall–Kier alpha value is -3.71. The van der Waals surface area contributed by atoms with Crippen molar-refractivity contribution in [1.82, 2.24) is 19.5 Å². The van der Waals surface area contributed by atoms with Crippen LogP contribution in [0.2, 0.25) is 0 Å². The van der Waals surface area contributed by atoms with E-state index in [4.69, 9.17) is 0 Å².